The molecular formula is C16H26N2O2. The second kappa shape index (κ2) is 8.72. The lowest BCUT2D eigenvalue weighted by Crippen LogP contribution is -2.21. The number of ether oxygens (including phenoxy) is 1. The van der Waals surface area contributed by atoms with Gasteiger partial charge in [0.15, 0.2) is 0 Å². The van der Waals surface area contributed by atoms with Crippen LogP contribution < -0.4 is 10.6 Å². The maximum absolute atomic E-state index is 11.8. The summed E-state index contributed by atoms with van der Waals surface area (Å²) in [6, 6.07) is 8.41. The van der Waals surface area contributed by atoms with Crippen LogP contribution in [0, 0.1) is 0 Å². The van der Waals surface area contributed by atoms with Crippen LogP contribution in [0.25, 0.3) is 0 Å². The first-order valence-corrected chi connectivity index (χ1v) is 7.16. The zero-order valence-electron chi connectivity index (χ0n) is 12.9. The molecule has 0 saturated carbocycles. The summed E-state index contributed by atoms with van der Waals surface area (Å²) < 4.78 is 5.13. The summed E-state index contributed by atoms with van der Waals surface area (Å²) in [5, 5.41) is 6.26. The van der Waals surface area contributed by atoms with Gasteiger partial charge in [0.2, 0.25) is 5.91 Å². The Bertz CT molecular complexity index is 401. The summed E-state index contributed by atoms with van der Waals surface area (Å²) in [4.78, 5) is 11.8. The number of hydrogen-bond donors (Lipinski definition) is 2. The van der Waals surface area contributed by atoms with Crippen LogP contribution in [0.3, 0.4) is 0 Å². The summed E-state index contributed by atoms with van der Waals surface area (Å²) in [5.74, 6) is 0.0296. The molecule has 0 spiro atoms. The molecule has 0 fully saturated rings. The number of hydrogen-bond acceptors (Lipinski definition) is 3. The van der Waals surface area contributed by atoms with Crippen LogP contribution in [0.1, 0.15) is 39.2 Å². The minimum absolute atomic E-state index is 0.0296. The van der Waals surface area contributed by atoms with Gasteiger partial charge >= 0.3 is 0 Å². The predicted molar refractivity (Wildman–Crippen MR) is 82.8 cm³/mol. The molecule has 112 valence electrons. The molecule has 0 heterocycles. The summed E-state index contributed by atoms with van der Waals surface area (Å²) in [7, 11) is 1.66. The highest BCUT2D eigenvalue weighted by molar-refractivity contribution is 5.90. The molecule has 1 aromatic rings. The van der Waals surface area contributed by atoms with Crippen molar-refractivity contribution in [2.45, 2.75) is 52.3 Å². The van der Waals surface area contributed by atoms with Crippen LogP contribution in [0.5, 0.6) is 0 Å². The summed E-state index contributed by atoms with van der Waals surface area (Å²) in [6.45, 7) is 7.05. The summed E-state index contributed by atoms with van der Waals surface area (Å²) in [5.41, 5.74) is 2.05. The smallest absolute Gasteiger partial charge is 0.224 e. The second-order valence-electron chi connectivity index (χ2n) is 5.37. The average Bonchev–Trinajstić information content (AvgIpc) is 2.44. The predicted octanol–water partition coefficient (Wildman–Crippen LogP) is 2.94. The van der Waals surface area contributed by atoms with Gasteiger partial charge in [-0.25, -0.2) is 0 Å². The molecule has 0 aromatic heterocycles. The highest BCUT2D eigenvalue weighted by Crippen LogP contribution is 2.11. The van der Waals surface area contributed by atoms with Crippen LogP contribution in [0.15, 0.2) is 24.3 Å². The molecule has 4 heteroatoms. The van der Waals surface area contributed by atoms with E-state index < -0.39 is 0 Å². The van der Waals surface area contributed by atoms with Gasteiger partial charge in [0.1, 0.15) is 0 Å². The van der Waals surface area contributed by atoms with E-state index in [1.807, 2.05) is 31.2 Å². The van der Waals surface area contributed by atoms with Crippen molar-refractivity contribution in [3.63, 3.8) is 0 Å². The third kappa shape index (κ3) is 6.68. The zero-order valence-corrected chi connectivity index (χ0v) is 12.9. The van der Waals surface area contributed by atoms with Crippen LogP contribution in [0.2, 0.25) is 0 Å². The van der Waals surface area contributed by atoms with Gasteiger partial charge in [0, 0.05) is 31.8 Å². The van der Waals surface area contributed by atoms with Gasteiger partial charge in [-0.3, -0.25) is 4.79 Å². The lowest BCUT2D eigenvalue weighted by atomic mass is 10.2. The first kappa shape index (κ1) is 16.7. The molecule has 1 rings (SSSR count). The highest BCUT2D eigenvalue weighted by atomic mass is 16.5. The maximum Gasteiger partial charge on any atom is 0.224 e. The Kier molecular flexibility index (Phi) is 7.26. The normalized spacial score (nSPS) is 12.4. The van der Waals surface area contributed by atoms with Gasteiger partial charge < -0.3 is 15.4 Å². The van der Waals surface area contributed by atoms with E-state index >= 15 is 0 Å². The number of rotatable bonds is 8. The highest BCUT2D eigenvalue weighted by Gasteiger charge is 2.06. The Labute approximate surface area is 121 Å². The van der Waals surface area contributed by atoms with Crippen LogP contribution >= 0.6 is 0 Å². The van der Waals surface area contributed by atoms with Gasteiger partial charge in [-0.05, 0) is 31.0 Å². The molecule has 0 radical (unpaired) electrons. The minimum Gasteiger partial charge on any atom is -0.382 e. The molecule has 1 atom stereocenters. The van der Waals surface area contributed by atoms with Crippen molar-refractivity contribution < 1.29 is 9.53 Å². The third-order valence-corrected chi connectivity index (χ3v) is 3.13. The van der Waals surface area contributed by atoms with Gasteiger partial charge in [-0.15, -0.1) is 0 Å². The third-order valence-electron chi connectivity index (χ3n) is 3.13. The van der Waals surface area contributed by atoms with E-state index in [9.17, 15) is 4.79 Å². The Morgan fingerprint density at radius 3 is 2.40 bits per heavy atom. The van der Waals surface area contributed by atoms with Crippen molar-refractivity contribution in [3.8, 4) is 0 Å². The molecule has 0 aliphatic rings. The van der Waals surface area contributed by atoms with E-state index in [2.05, 4.69) is 24.5 Å². The fourth-order valence-corrected chi connectivity index (χ4v) is 1.70. The number of amides is 1. The molecule has 0 aliphatic heterocycles. The van der Waals surface area contributed by atoms with E-state index in [0.29, 0.717) is 12.5 Å². The Balaban J connectivity index is 2.38. The number of anilines is 1. The van der Waals surface area contributed by atoms with Crippen molar-refractivity contribution in [1.82, 2.24) is 5.32 Å². The lowest BCUT2D eigenvalue weighted by molar-refractivity contribution is -0.116. The quantitative estimate of drug-likeness (QED) is 0.768. The fraction of sp³-hybridized carbons (Fsp3) is 0.562. The van der Waals surface area contributed by atoms with E-state index in [-0.39, 0.29) is 12.0 Å². The van der Waals surface area contributed by atoms with Gasteiger partial charge in [-0.2, -0.15) is 0 Å². The van der Waals surface area contributed by atoms with Gasteiger partial charge in [0.05, 0.1) is 6.10 Å². The van der Waals surface area contributed by atoms with E-state index in [4.69, 9.17) is 4.74 Å². The first-order chi connectivity index (χ1) is 9.51. The van der Waals surface area contributed by atoms with E-state index in [1.165, 1.54) is 5.56 Å². The lowest BCUT2D eigenvalue weighted by Gasteiger charge is -2.11. The van der Waals surface area contributed by atoms with Crippen molar-refractivity contribution in [3.05, 3.63) is 29.8 Å². The molecule has 2 N–H and O–H groups in total. The molecule has 4 nitrogen and oxygen atoms in total. The van der Waals surface area contributed by atoms with Crippen molar-refractivity contribution in [1.29, 1.82) is 0 Å². The molecule has 0 saturated heterocycles. The number of benzene rings is 1. The Morgan fingerprint density at radius 1 is 1.20 bits per heavy atom. The van der Waals surface area contributed by atoms with Crippen molar-refractivity contribution >= 4 is 11.6 Å². The number of carbonyl (C=O) groups excluding carboxylic acids is 1. The van der Waals surface area contributed by atoms with E-state index in [0.717, 1.165) is 18.7 Å². The van der Waals surface area contributed by atoms with Crippen molar-refractivity contribution in [2.75, 3.05) is 12.4 Å². The number of nitrogens with one attached hydrogen (secondary N) is 2. The zero-order chi connectivity index (χ0) is 15.0. The van der Waals surface area contributed by atoms with Gasteiger partial charge in [-0.1, -0.05) is 26.0 Å². The molecular weight excluding hydrogens is 252 g/mol. The molecule has 20 heavy (non-hydrogen) atoms. The summed E-state index contributed by atoms with van der Waals surface area (Å²) in [6.07, 6.45) is 1.33. The van der Waals surface area contributed by atoms with Crippen molar-refractivity contribution in [2.24, 2.45) is 0 Å². The SMILES string of the molecule is COC(C)CCC(=O)Nc1ccc(CNC(C)C)cc1. The molecule has 1 unspecified atom stereocenters. The second-order valence-corrected chi connectivity index (χ2v) is 5.37. The molecule has 1 amide bonds. The number of methoxy groups -OCH3 is 1. The Morgan fingerprint density at radius 2 is 1.85 bits per heavy atom. The van der Waals surface area contributed by atoms with E-state index in [1.54, 1.807) is 7.11 Å². The largest absolute Gasteiger partial charge is 0.382 e. The van der Waals surface area contributed by atoms with Gasteiger partial charge in [0.25, 0.3) is 0 Å². The standard InChI is InChI=1S/C16H26N2O2/c1-12(2)17-11-14-6-8-15(9-7-14)18-16(19)10-5-13(3)20-4/h6-9,12-13,17H,5,10-11H2,1-4H3,(H,18,19). The summed E-state index contributed by atoms with van der Waals surface area (Å²) >= 11 is 0. The topological polar surface area (TPSA) is 50.4 Å². The average molecular weight is 278 g/mol. The van der Waals surface area contributed by atoms with Crippen LogP contribution in [-0.2, 0) is 16.1 Å². The monoisotopic (exact) mass is 278 g/mol. The molecule has 0 aliphatic carbocycles. The molecule has 1 aromatic carbocycles. The molecule has 0 bridgehead atoms. The maximum atomic E-state index is 11.8. The Hall–Kier alpha value is -1.39. The van der Waals surface area contributed by atoms with Crippen LogP contribution in [0.4, 0.5) is 5.69 Å². The number of carbonyl (C=O) groups is 1. The van der Waals surface area contributed by atoms with Crippen LogP contribution in [-0.4, -0.2) is 25.2 Å². The fourth-order valence-electron chi connectivity index (χ4n) is 1.70. The minimum atomic E-state index is 0.0296. The first-order valence-electron chi connectivity index (χ1n) is 7.16.